The van der Waals surface area contributed by atoms with Crippen molar-refractivity contribution in [1.82, 2.24) is 50.6 Å². The maximum Gasteiger partial charge on any atom is 0.433 e. The molecule has 7 aromatic heterocycles. The molecule has 0 aliphatic carbocycles. The van der Waals surface area contributed by atoms with Crippen LogP contribution in [0.2, 0.25) is 10.0 Å². The molecule has 0 spiro atoms. The second-order valence-electron chi connectivity index (χ2n) is 30.4. The number of amides is 7. The number of aliphatic hydroxyl groups is 1. The number of fused-ring (bicyclic) bond motifs is 1. The summed E-state index contributed by atoms with van der Waals surface area (Å²) >= 11 is 23.8. The van der Waals surface area contributed by atoms with E-state index in [1.807, 2.05) is 63.4 Å². The first kappa shape index (κ1) is 105. The number of carbonyl (C=O) groups is 9. The smallest absolute Gasteiger partial charge is 0.433 e. The predicted octanol–water partition coefficient (Wildman–Crippen LogP) is 17.9. The number of hydrazone groups is 2. The molecule has 7 amide bonds. The second kappa shape index (κ2) is 48.5. The fraction of sp³-hybridized carbons (Fsp3) is 0.134. The predicted molar refractivity (Wildman–Crippen MR) is 528 cm³/mol. The lowest BCUT2D eigenvalue weighted by atomic mass is 9.96. The van der Waals surface area contributed by atoms with Gasteiger partial charge in [-0.15, -0.1) is 11.3 Å². The molecular weight excluding hydrogens is 1940 g/mol. The van der Waals surface area contributed by atoms with Gasteiger partial charge >= 0.3 is 23.5 Å². The number of aromatic nitrogens is 6. The number of H-pyrrole nitrogens is 2. The minimum absolute atomic E-state index is 0.0128. The highest BCUT2D eigenvalue weighted by Crippen LogP contribution is 2.39. The van der Waals surface area contributed by atoms with Gasteiger partial charge in [0.2, 0.25) is 21.2 Å². The Balaban J connectivity index is 0.000000164. The Bertz CT molecular complexity index is 7360. The Labute approximate surface area is 828 Å². The standard InChI is InChI=1S/C19H12Cl2N6O2S2.C19H19NO4.C18H16N2O4.C17H14N4O6.C13H11N3O4S.C11H10O4/c20-12-5-1-10(2-6-12)16(28)26-14(22-24-18(26)30)9-15-23-25-19(31)27(15)17(29)11-3-7-13(21)8-4-11;1-2-13-24-19(22)17(12-6-10-16-11-7-14-23-16)20-18(21)15-8-4-3-5-9-15;1-10-6-11(2)15(12(3)7-10)20-17(22)14(16(21)19-18(20)23)8-13-4-5-24-9-13;1-11-10-17(23,13-3-2-4-15(9-13)21(26)27)19(18-11)16(22)12-5-7-14(8-6-12)20(24)25;17-12(9-11-4-2-8-21-11)15-14-7-1-3-10-5-6-13(20-10)16(18)19;1-5-6(2)11(14)15-10-7(5)3-4-8(12)9(10)13/h1-8H,9H2,(H,24,30)(H,25,31);3-12,14H,2,13H2,1H3,(H,20,21);4-9H,1-3H3,(H,19,21,23);2-9,23H,10H2,1H3;1-8H,9H2,(H,15,17);3-4,12-13H,1-2H3/b;10-6+,17-12+;14-8-;;3-1+,14-7+;. The summed E-state index contributed by atoms with van der Waals surface area (Å²) in [5.74, 6) is -3.51. The van der Waals surface area contributed by atoms with Gasteiger partial charge in [0.05, 0.1) is 59.8 Å². The number of aryl methyl sites for hydroxylation is 4. The van der Waals surface area contributed by atoms with Crippen LogP contribution in [0.15, 0.2) is 280 Å². The minimum Gasteiger partial charge on any atom is -0.504 e. The van der Waals surface area contributed by atoms with E-state index < -0.39 is 73.4 Å². The van der Waals surface area contributed by atoms with E-state index in [-0.39, 0.29) is 103 Å². The van der Waals surface area contributed by atoms with E-state index in [0.717, 1.165) is 37.0 Å². The average molecular weight is 2020 g/mol. The van der Waals surface area contributed by atoms with E-state index in [9.17, 15) is 93.6 Å². The van der Waals surface area contributed by atoms with Crippen LogP contribution in [0.1, 0.15) is 135 Å². The van der Waals surface area contributed by atoms with Gasteiger partial charge in [-0.2, -0.15) is 25.4 Å². The largest absolute Gasteiger partial charge is 0.504 e. The first-order chi connectivity index (χ1) is 67.8. The molecule has 0 bridgehead atoms. The van der Waals surface area contributed by atoms with Crippen LogP contribution in [-0.4, -0.2) is 137 Å². The number of nitro benzene ring substituents is 2. The highest BCUT2D eigenvalue weighted by Gasteiger charge is 2.46. The Kier molecular flexibility index (Phi) is 35.8. The lowest BCUT2D eigenvalue weighted by Crippen LogP contribution is -2.54. The quantitative estimate of drug-likeness (QED) is 0.00282. The summed E-state index contributed by atoms with van der Waals surface area (Å²) in [4.78, 5) is 155. The van der Waals surface area contributed by atoms with Gasteiger partial charge in [0.1, 0.15) is 39.4 Å². The number of phenols is 2. The van der Waals surface area contributed by atoms with Crippen molar-refractivity contribution in [2.45, 2.75) is 79.9 Å². The summed E-state index contributed by atoms with van der Waals surface area (Å²) in [5.41, 5.74) is 6.38. The van der Waals surface area contributed by atoms with Crippen LogP contribution in [0.3, 0.4) is 0 Å². The number of imide groups is 2. The van der Waals surface area contributed by atoms with E-state index in [2.05, 4.69) is 46.7 Å². The molecular formula is C97H82Cl2N16O24S3. The van der Waals surface area contributed by atoms with Crippen LogP contribution in [0, 0.1) is 74.5 Å². The molecule has 2 aliphatic rings. The summed E-state index contributed by atoms with van der Waals surface area (Å²) in [6.07, 6.45) is 15.9. The highest BCUT2D eigenvalue weighted by atomic mass is 35.5. The summed E-state index contributed by atoms with van der Waals surface area (Å²) in [7, 11) is 0. The third kappa shape index (κ3) is 27.1. The van der Waals surface area contributed by atoms with Crippen molar-refractivity contribution in [2.24, 2.45) is 10.2 Å². The number of thiophene rings is 1. The number of esters is 1. The number of anilines is 1. The van der Waals surface area contributed by atoms with Crippen LogP contribution in [0.4, 0.5) is 27.7 Å². The minimum atomic E-state index is -1.89. The molecule has 0 radical (unpaired) electrons. The van der Waals surface area contributed by atoms with Gasteiger partial charge in [0.15, 0.2) is 17.1 Å². The highest BCUT2D eigenvalue weighted by molar-refractivity contribution is 7.71. The molecule has 1 saturated heterocycles. The monoisotopic (exact) mass is 2020 g/mol. The van der Waals surface area contributed by atoms with Gasteiger partial charge in [-0.05, 0) is 240 Å². The summed E-state index contributed by atoms with van der Waals surface area (Å²) in [6.45, 7) is 12.8. The molecule has 45 heteroatoms. The first-order valence-corrected chi connectivity index (χ1v) is 44.5. The Morgan fingerprint density at radius 2 is 1.28 bits per heavy atom. The van der Waals surface area contributed by atoms with E-state index in [1.54, 1.807) is 136 Å². The zero-order valence-electron chi connectivity index (χ0n) is 75.7. The number of allylic oxidation sites excluding steroid dienone is 3. The number of aromatic amines is 2. The summed E-state index contributed by atoms with van der Waals surface area (Å²) in [5, 5.41) is 92.6. The number of benzene rings is 7. The van der Waals surface area contributed by atoms with Gasteiger partial charge in [-0.25, -0.2) is 33.8 Å². The second-order valence-corrected chi connectivity index (χ2v) is 33.1. The molecule has 0 saturated carbocycles. The topological polar surface area (TPSA) is 557 Å². The van der Waals surface area contributed by atoms with Crippen molar-refractivity contribution in [3.05, 3.63) is 397 Å². The number of hydrogen-bond acceptors (Lipinski definition) is 31. The molecule has 7 aromatic carbocycles. The number of rotatable bonds is 23. The lowest BCUT2D eigenvalue weighted by molar-refractivity contribution is -0.402. The number of ether oxygens (including phenoxy) is 1. The fourth-order valence-electron chi connectivity index (χ4n) is 13.4. The van der Waals surface area contributed by atoms with E-state index >= 15 is 0 Å². The molecule has 726 valence electrons. The normalized spacial score (nSPS) is 13.5. The molecule has 16 rings (SSSR count). The number of nitrogens with one attached hydrogen (secondary N) is 5. The van der Waals surface area contributed by atoms with Crippen molar-refractivity contribution in [3.8, 4) is 11.5 Å². The number of halogens is 2. The van der Waals surface area contributed by atoms with Crippen molar-refractivity contribution in [3.63, 3.8) is 0 Å². The number of urea groups is 1. The van der Waals surface area contributed by atoms with E-state index in [0.29, 0.717) is 79.2 Å². The molecule has 8 N–H and O–H groups in total. The molecule has 1 fully saturated rings. The molecule has 14 aromatic rings. The number of carbonyl (C=O) groups excluding carboxylic acids is 9. The zero-order chi connectivity index (χ0) is 103. The molecule has 2 aliphatic heterocycles. The van der Waals surface area contributed by atoms with Gasteiger partial charge in [-0.3, -0.25) is 79.4 Å². The van der Waals surface area contributed by atoms with Crippen molar-refractivity contribution in [2.75, 3.05) is 11.5 Å². The zero-order valence-corrected chi connectivity index (χ0v) is 79.6. The molecule has 1 unspecified atom stereocenters. The first-order valence-electron chi connectivity index (χ1n) is 42.0. The fourth-order valence-corrected chi connectivity index (χ4v) is 14.9. The van der Waals surface area contributed by atoms with E-state index in [4.69, 9.17) is 70.0 Å². The SMILES string of the molecule is CC1=NN(C(=O)c2ccc([N+](=O)[O-])cc2)C(O)(c2cccc([N+](=O)[O-])c2)C1.CCCOC(=O)/C(=C\C=C\c1ccco1)NC(=O)c1ccccc1.Cc1c(C)c2ccc(O)c(O)c2oc1=O.Cc1cc(C)c(N2C(=O)NC(=O)/C(=C/c3ccoc3)C2=O)c(C)c1.O=C(Cc1cccs1)N/N=C/C=C/c1ccc([N+](=O)[O-])o1.O=C(c1ccc(Cl)cc1)n1c(Cc2n[nH]c(=S)n2C(=O)c2ccc(Cl)cc2)n[nH]c1=S. The van der Waals surface area contributed by atoms with Gasteiger partial charge in [0.25, 0.3) is 46.8 Å². The Hall–Kier alpha value is -17.5. The molecule has 142 heavy (non-hydrogen) atoms. The van der Waals surface area contributed by atoms with Gasteiger partial charge in [0, 0.05) is 102 Å². The van der Waals surface area contributed by atoms with Crippen LogP contribution in [-0.2, 0) is 42.5 Å². The van der Waals surface area contributed by atoms with Crippen LogP contribution >= 0.6 is 59.0 Å². The Morgan fingerprint density at radius 1 is 0.662 bits per heavy atom. The molecule has 9 heterocycles. The van der Waals surface area contributed by atoms with Gasteiger partial charge < -0.3 is 43.0 Å². The number of phenolic OH excluding ortho intramolecular Hbond substituents is 2. The third-order valence-electron chi connectivity index (χ3n) is 20.3. The average Bonchev–Trinajstić information content (AvgIpc) is 1.61. The summed E-state index contributed by atoms with van der Waals surface area (Å²) in [6, 6.07) is 49.3. The van der Waals surface area contributed by atoms with Crippen molar-refractivity contribution in [1.29, 1.82) is 0 Å². The summed E-state index contributed by atoms with van der Waals surface area (Å²) < 4.78 is 27.7. The number of aromatic hydroxyl groups is 2. The molecule has 40 nitrogen and oxygen atoms in total. The van der Waals surface area contributed by atoms with Crippen LogP contribution < -0.4 is 26.6 Å². The van der Waals surface area contributed by atoms with Gasteiger partial charge in [-0.1, -0.05) is 90.3 Å². The van der Waals surface area contributed by atoms with Crippen molar-refractivity contribution < 1.29 is 95.6 Å². The number of furan rings is 3. The number of barbiturate groups is 1. The van der Waals surface area contributed by atoms with Crippen molar-refractivity contribution >= 4 is 176 Å². The number of nitro groups is 3. The number of non-ortho nitro benzene ring substituents is 2. The third-order valence-corrected chi connectivity index (χ3v) is 22.2. The Morgan fingerprint density at radius 3 is 1.85 bits per heavy atom. The maximum absolute atomic E-state index is 13.0. The number of hydrogen-bond donors (Lipinski definition) is 8. The maximum atomic E-state index is 13.0. The van der Waals surface area contributed by atoms with E-state index in [1.165, 1.54) is 130 Å². The number of nitrogens with zero attached hydrogens (tertiary/aromatic N) is 11. The van der Waals surface area contributed by atoms with Crippen LogP contribution in [0.25, 0.3) is 29.2 Å². The lowest BCUT2D eigenvalue weighted by Gasteiger charge is -2.31. The molecule has 1 atom stereocenters. The van der Waals surface area contributed by atoms with Crippen LogP contribution in [0.5, 0.6) is 11.5 Å².